The first-order chi connectivity index (χ1) is 7.80. The largest absolute Gasteiger partial charge is 0.324 e. The van der Waals surface area contributed by atoms with Crippen molar-refractivity contribution in [3.8, 4) is 0 Å². The standard InChI is InChI=1S/C13H21NO2S/c1-10(2)4-9-13(14)11-5-7-12(8-6-11)17(3,15)16/h5-8,10,13H,4,9,14H2,1-3H3/t13-/m1/s1. The van der Waals surface area contributed by atoms with Gasteiger partial charge in [-0.1, -0.05) is 26.0 Å². The topological polar surface area (TPSA) is 60.2 Å². The molecule has 0 saturated carbocycles. The summed E-state index contributed by atoms with van der Waals surface area (Å²) in [5.41, 5.74) is 7.05. The molecule has 0 aliphatic carbocycles. The highest BCUT2D eigenvalue weighted by atomic mass is 32.2. The molecule has 0 aliphatic rings. The Hall–Kier alpha value is -0.870. The van der Waals surface area contributed by atoms with E-state index in [1.54, 1.807) is 24.3 Å². The molecule has 0 spiro atoms. The summed E-state index contributed by atoms with van der Waals surface area (Å²) in [4.78, 5) is 0.345. The van der Waals surface area contributed by atoms with Gasteiger partial charge in [-0.25, -0.2) is 8.42 Å². The van der Waals surface area contributed by atoms with Gasteiger partial charge in [-0.15, -0.1) is 0 Å². The van der Waals surface area contributed by atoms with Crippen molar-refractivity contribution in [1.82, 2.24) is 0 Å². The van der Waals surface area contributed by atoms with E-state index in [4.69, 9.17) is 5.73 Å². The van der Waals surface area contributed by atoms with Gasteiger partial charge in [0.05, 0.1) is 4.90 Å². The van der Waals surface area contributed by atoms with Crippen molar-refractivity contribution >= 4 is 9.84 Å². The van der Waals surface area contributed by atoms with Crippen molar-refractivity contribution in [3.05, 3.63) is 29.8 Å². The molecule has 1 aromatic carbocycles. The second-order valence-electron chi connectivity index (χ2n) is 4.92. The Labute approximate surface area is 104 Å². The molecule has 2 N–H and O–H groups in total. The van der Waals surface area contributed by atoms with E-state index < -0.39 is 9.84 Å². The van der Waals surface area contributed by atoms with Crippen LogP contribution in [0.25, 0.3) is 0 Å². The van der Waals surface area contributed by atoms with Crippen LogP contribution in [0.4, 0.5) is 0 Å². The predicted octanol–water partition coefficient (Wildman–Crippen LogP) is 2.53. The van der Waals surface area contributed by atoms with Crippen LogP contribution in [0.2, 0.25) is 0 Å². The Bertz CT molecular complexity index is 449. The molecule has 0 aliphatic heterocycles. The van der Waals surface area contributed by atoms with Gasteiger partial charge in [-0.05, 0) is 36.5 Å². The number of rotatable bonds is 5. The monoisotopic (exact) mass is 255 g/mol. The van der Waals surface area contributed by atoms with Crippen LogP contribution >= 0.6 is 0 Å². The van der Waals surface area contributed by atoms with Gasteiger partial charge in [0, 0.05) is 12.3 Å². The first-order valence-electron chi connectivity index (χ1n) is 5.86. The van der Waals surface area contributed by atoms with Crippen LogP contribution in [0.3, 0.4) is 0 Å². The Kier molecular flexibility index (Phi) is 4.71. The Morgan fingerprint density at radius 2 is 1.65 bits per heavy atom. The van der Waals surface area contributed by atoms with Gasteiger partial charge in [-0.3, -0.25) is 0 Å². The summed E-state index contributed by atoms with van der Waals surface area (Å²) in [6.45, 7) is 4.33. The molecule has 1 rings (SSSR count). The van der Waals surface area contributed by atoms with Crippen LogP contribution in [0.5, 0.6) is 0 Å². The van der Waals surface area contributed by atoms with Crippen molar-refractivity contribution in [3.63, 3.8) is 0 Å². The minimum atomic E-state index is -3.11. The highest BCUT2D eigenvalue weighted by Crippen LogP contribution is 2.20. The highest BCUT2D eigenvalue weighted by Gasteiger charge is 2.10. The van der Waals surface area contributed by atoms with Crippen LogP contribution in [0.1, 0.15) is 38.3 Å². The third-order valence-corrected chi connectivity index (χ3v) is 3.92. The van der Waals surface area contributed by atoms with Crippen LogP contribution in [-0.4, -0.2) is 14.7 Å². The lowest BCUT2D eigenvalue weighted by Gasteiger charge is -2.13. The SMILES string of the molecule is CC(C)CC[C@@H](N)c1ccc(S(C)(=O)=O)cc1. The third kappa shape index (κ3) is 4.48. The second-order valence-corrected chi connectivity index (χ2v) is 6.93. The molecule has 0 unspecified atom stereocenters. The zero-order valence-corrected chi connectivity index (χ0v) is 11.5. The van der Waals surface area contributed by atoms with Crippen LogP contribution in [-0.2, 0) is 9.84 Å². The maximum atomic E-state index is 11.3. The van der Waals surface area contributed by atoms with Gasteiger partial charge in [-0.2, -0.15) is 0 Å². The van der Waals surface area contributed by atoms with Gasteiger partial charge in [0.1, 0.15) is 0 Å². The van der Waals surface area contributed by atoms with Crippen molar-refractivity contribution in [2.45, 2.75) is 37.6 Å². The first-order valence-corrected chi connectivity index (χ1v) is 7.75. The first kappa shape index (κ1) is 14.2. The van der Waals surface area contributed by atoms with Gasteiger partial charge in [0.2, 0.25) is 0 Å². The molecule has 0 bridgehead atoms. The average molecular weight is 255 g/mol. The van der Waals surface area contributed by atoms with Crippen molar-refractivity contribution in [2.24, 2.45) is 11.7 Å². The molecule has 0 fully saturated rings. The van der Waals surface area contributed by atoms with E-state index >= 15 is 0 Å². The van der Waals surface area contributed by atoms with Crippen LogP contribution in [0.15, 0.2) is 29.2 Å². The quantitative estimate of drug-likeness (QED) is 0.879. The molecule has 0 saturated heterocycles. The second kappa shape index (κ2) is 5.65. The van der Waals surface area contributed by atoms with Gasteiger partial charge >= 0.3 is 0 Å². The number of sulfone groups is 1. The smallest absolute Gasteiger partial charge is 0.175 e. The molecule has 1 atom stereocenters. The molecule has 1 aromatic rings. The molecule has 4 heteroatoms. The molecule has 0 radical (unpaired) electrons. The fraction of sp³-hybridized carbons (Fsp3) is 0.538. The van der Waals surface area contributed by atoms with Gasteiger partial charge in [0.25, 0.3) is 0 Å². The summed E-state index contributed by atoms with van der Waals surface area (Å²) in [6.07, 6.45) is 3.21. The van der Waals surface area contributed by atoms with Gasteiger partial charge < -0.3 is 5.73 Å². The van der Waals surface area contributed by atoms with E-state index in [-0.39, 0.29) is 6.04 Å². The number of benzene rings is 1. The third-order valence-electron chi connectivity index (χ3n) is 2.79. The van der Waals surface area contributed by atoms with Crippen LogP contribution < -0.4 is 5.73 Å². The fourth-order valence-corrected chi connectivity index (χ4v) is 2.27. The van der Waals surface area contributed by atoms with E-state index in [0.717, 1.165) is 18.4 Å². The van der Waals surface area contributed by atoms with Crippen molar-refractivity contribution in [2.75, 3.05) is 6.26 Å². The molecule has 0 heterocycles. The van der Waals surface area contributed by atoms with Crippen molar-refractivity contribution < 1.29 is 8.42 Å². The Morgan fingerprint density at radius 1 is 1.12 bits per heavy atom. The molecule has 17 heavy (non-hydrogen) atoms. The zero-order valence-electron chi connectivity index (χ0n) is 10.7. The fourth-order valence-electron chi connectivity index (χ4n) is 1.64. The summed E-state index contributed by atoms with van der Waals surface area (Å²) >= 11 is 0. The van der Waals surface area contributed by atoms with Gasteiger partial charge in [0.15, 0.2) is 9.84 Å². The minimum Gasteiger partial charge on any atom is -0.324 e. The van der Waals surface area contributed by atoms with E-state index in [2.05, 4.69) is 13.8 Å². The summed E-state index contributed by atoms with van der Waals surface area (Å²) in [5.74, 6) is 0.636. The van der Waals surface area contributed by atoms with E-state index in [9.17, 15) is 8.42 Å². The molecular formula is C13H21NO2S. The highest BCUT2D eigenvalue weighted by molar-refractivity contribution is 7.90. The number of hydrogen-bond donors (Lipinski definition) is 1. The molecule has 0 amide bonds. The maximum absolute atomic E-state index is 11.3. The Balaban J connectivity index is 2.74. The van der Waals surface area contributed by atoms with E-state index in [1.165, 1.54) is 6.26 Å². The summed E-state index contributed by atoms with van der Waals surface area (Å²) in [7, 11) is -3.11. The molecule has 3 nitrogen and oxygen atoms in total. The minimum absolute atomic E-state index is 0.00832. The maximum Gasteiger partial charge on any atom is 0.175 e. The molecular weight excluding hydrogens is 234 g/mol. The summed E-state index contributed by atoms with van der Waals surface area (Å²) in [5, 5.41) is 0. The lowest BCUT2D eigenvalue weighted by molar-refractivity contribution is 0.507. The normalized spacial score (nSPS) is 13.9. The summed E-state index contributed by atoms with van der Waals surface area (Å²) < 4.78 is 22.6. The number of nitrogens with two attached hydrogens (primary N) is 1. The molecule has 0 aromatic heterocycles. The average Bonchev–Trinajstić information content (AvgIpc) is 2.25. The lowest BCUT2D eigenvalue weighted by atomic mass is 9.98. The van der Waals surface area contributed by atoms with Crippen molar-refractivity contribution in [1.29, 1.82) is 0 Å². The van der Waals surface area contributed by atoms with E-state index in [1.807, 2.05) is 0 Å². The predicted molar refractivity (Wildman–Crippen MR) is 70.6 cm³/mol. The zero-order chi connectivity index (χ0) is 13.1. The van der Waals surface area contributed by atoms with E-state index in [0.29, 0.717) is 10.8 Å². The molecule has 96 valence electrons. The summed E-state index contributed by atoms with van der Waals surface area (Å²) in [6, 6.07) is 6.86. The number of hydrogen-bond acceptors (Lipinski definition) is 3. The lowest BCUT2D eigenvalue weighted by Crippen LogP contribution is -2.11. The Morgan fingerprint density at radius 3 is 2.06 bits per heavy atom. The van der Waals surface area contributed by atoms with Crippen LogP contribution in [0, 0.1) is 5.92 Å².